The van der Waals surface area contributed by atoms with Crippen LogP contribution in [-0.4, -0.2) is 53.6 Å². The van der Waals surface area contributed by atoms with Crippen molar-refractivity contribution in [2.75, 3.05) is 27.4 Å². The summed E-state index contributed by atoms with van der Waals surface area (Å²) in [5.74, 6) is -1.36. The molecule has 0 bridgehead atoms. The van der Waals surface area contributed by atoms with Gasteiger partial charge in [0.25, 0.3) is 0 Å². The van der Waals surface area contributed by atoms with Crippen molar-refractivity contribution >= 4 is 26.2 Å². The molecule has 0 aromatic carbocycles. The fourth-order valence-electron chi connectivity index (χ4n) is 2.72. The van der Waals surface area contributed by atoms with E-state index in [1.54, 1.807) is 19.1 Å². The number of hydrogen-bond donors (Lipinski definition) is 0. The molecular weight excluding hydrogens is 368 g/mol. The molecule has 0 aliphatic rings. The van der Waals surface area contributed by atoms with E-state index in [0.717, 1.165) is 11.6 Å². The molecule has 0 amide bonds. The highest BCUT2D eigenvalue weighted by Crippen LogP contribution is 2.36. The monoisotopic (exact) mass is 400 g/mol. The Morgan fingerprint density at radius 3 is 2.00 bits per heavy atom. The van der Waals surface area contributed by atoms with Crippen LogP contribution in [0, 0.1) is 5.41 Å². The molecule has 0 rings (SSSR count). The standard InChI is InChI=1S/C19H32O7Si/c1-8-25-18(22)26-12-10-9-11-19(16(20)23-3,17(21)24-4)13-15(2)14-27(5,6)7/h9-10H,2,8,11-14H2,1,3-7H3/b10-9-. The normalized spacial score (nSPS) is 11.8. The van der Waals surface area contributed by atoms with Crippen LogP contribution >= 0.6 is 0 Å². The highest BCUT2D eigenvalue weighted by atomic mass is 28.3. The van der Waals surface area contributed by atoms with Crippen LogP contribution in [0.25, 0.3) is 0 Å². The number of carbonyl (C=O) groups is 3. The zero-order valence-corrected chi connectivity index (χ0v) is 18.3. The van der Waals surface area contributed by atoms with Gasteiger partial charge in [0.1, 0.15) is 6.61 Å². The molecule has 0 fully saturated rings. The van der Waals surface area contributed by atoms with E-state index in [-0.39, 0.29) is 26.1 Å². The lowest BCUT2D eigenvalue weighted by Crippen LogP contribution is -2.41. The molecule has 0 saturated heterocycles. The molecule has 0 spiro atoms. The lowest BCUT2D eigenvalue weighted by Gasteiger charge is -2.29. The molecule has 0 N–H and O–H groups in total. The number of carbonyl (C=O) groups excluding carboxylic acids is 3. The first-order valence-corrected chi connectivity index (χ1v) is 12.5. The first-order chi connectivity index (χ1) is 12.5. The van der Waals surface area contributed by atoms with Crippen LogP contribution < -0.4 is 0 Å². The maximum absolute atomic E-state index is 12.5. The van der Waals surface area contributed by atoms with Gasteiger partial charge in [-0.05, 0) is 25.8 Å². The molecule has 154 valence electrons. The van der Waals surface area contributed by atoms with Crippen molar-refractivity contribution in [3.8, 4) is 0 Å². The van der Waals surface area contributed by atoms with Crippen molar-refractivity contribution in [1.29, 1.82) is 0 Å². The Labute approximate surface area is 162 Å². The van der Waals surface area contributed by atoms with Crippen molar-refractivity contribution < 1.29 is 33.3 Å². The predicted octanol–water partition coefficient (Wildman–Crippen LogP) is 3.72. The largest absolute Gasteiger partial charge is 0.508 e. The summed E-state index contributed by atoms with van der Waals surface area (Å²) < 4.78 is 19.3. The van der Waals surface area contributed by atoms with E-state index in [1.807, 2.05) is 0 Å². The van der Waals surface area contributed by atoms with E-state index in [1.165, 1.54) is 14.2 Å². The van der Waals surface area contributed by atoms with Crippen molar-refractivity contribution in [1.82, 2.24) is 0 Å². The number of esters is 2. The van der Waals surface area contributed by atoms with Gasteiger partial charge >= 0.3 is 18.1 Å². The number of ether oxygens (including phenoxy) is 4. The molecule has 0 aliphatic carbocycles. The van der Waals surface area contributed by atoms with E-state index in [4.69, 9.17) is 14.2 Å². The fourth-order valence-corrected chi connectivity index (χ4v) is 4.35. The summed E-state index contributed by atoms with van der Waals surface area (Å²) >= 11 is 0. The van der Waals surface area contributed by atoms with Gasteiger partial charge in [-0.25, -0.2) is 4.79 Å². The van der Waals surface area contributed by atoms with Gasteiger partial charge in [-0.3, -0.25) is 9.59 Å². The van der Waals surface area contributed by atoms with Gasteiger partial charge in [0.2, 0.25) is 0 Å². The Balaban J connectivity index is 5.33. The number of rotatable bonds is 11. The first-order valence-electron chi connectivity index (χ1n) is 8.80. The lowest BCUT2D eigenvalue weighted by atomic mass is 9.78. The van der Waals surface area contributed by atoms with Crippen molar-refractivity contribution in [3.63, 3.8) is 0 Å². The second-order valence-electron chi connectivity index (χ2n) is 7.40. The predicted molar refractivity (Wildman–Crippen MR) is 105 cm³/mol. The summed E-state index contributed by atoms with van der Waals surface area (Å²) in [6, 6.07) is 0.776. The van der Waals surface area contributed by atoms with Crippen LogP contribution in [0.15, 0.2) is 24.3 Å². The topological polar surface area (TPSA) is 88.1 Å². The molecule has 0 heterocycles. The molecule has 0 radical (unpaired) electrons. The van der Waals surface area contributed by atoms with Crippen LogP contribution in [0.4, 0.5) is 4.79 Å². The second-order valence-corrected chi connectivity index (χ2v) is 12.9. The van der Waals surface area contributed by atoms with E-state index in [0.29, 0.717) is 0 Å². The van der Waals surface area contributed by atoms with Crippen molar-refractivity contribution in [3.05, 3.63) is 24.3 Å². The Bertz CT molecular complexity index is 545. The van der Waals surface area contributed by atoms with E-state index < -0.39 is 31.6 Å². The number of methoxy groups -OCH3 is 2. The van der Waals surface area contributed by atoms with Crippen molar-refractivity contribution in [2.45, 2.75) is 45.5 Å². The van der Waals surface area contributed by atoms with Crippen LogP contribution in [0.1, 0.15) is 19.8 Å². The summed E-state index contributed by atoms with van der Waals surface area (Å²) in [6.07, 6.45) is 2.54. The molecule has 7 nitrogen and oxygen atoms in total. The van der Waals surface area contributed by atoms with Gasteiger partial charge in [0, 0.05) is 8.07 Å². The van der Waals surface area contributed by atoms with Gasteiger partial charge in [-0.15, -0.1) is 6.58 Å². The smallest absolute Gasteiger partial charge is 0.468 e. The van der Waals surface area contributed by atoms with Crippen LogP contribution in [0.5, 0.6) is 0 Å². The SMILES string of the molecule is C=C(CC(C/C=C\COC(=O)OCC)(C(=O)OC)C(=O)OC)C[Si](C)(C)C. The molecule has 0 saturated carbocycles. The third kappa shape index (κ3) is 8.90. The minimum Gasteiger partial charge on any atom is -0.468 e. The highest BCUT2D eigenvalue weighted by Gasteiger charge is 2.48. The highest BCUT2D eigenvalue weighted by molar-refractivity contribution is 6.76. The van der Waals surface area contributed by atoms with E-state index in [2.05, 4.69) is 31.0 Å². The molecule has 0 aliphatic heterocycles. The molecule has 0 unspecified atom stereocenters. The average Bonchev–Trinajstić information content (AvgIpc) is 2.57. The number of hydrogen-bond acceptors (Lipinski definition) is 7. The van der Waals surface area contributed by atoms with Crippen LogP contribution in [0.2, 0.25) is 25.7 Å². The van der Waals surface area contributed by atoms with Crippen LogP contribution in [0.3, 0.4) is 0 Å². The summed E-state index contributed by atoms with van der Waals surface area (Å²) in [5.41, 5.74) is -0.707. The van der Waals surface area contributed by atoms with Gasteiger partial charge in [0.05, 0.1) is 20.8 Å². The summed E-state index contributed by atoms with van der Waals surface area (Å²) in [6.45, 7) is 12.5. The minimum absolute atomic E-state index is 0.0346. The van der Waals surface area contributed by atoms with Gasteiger partial charge in [-0.2, -0.15) is 0 Å². The Hall–Kier alpha value is -2.09. The number of allylic oxidation sites excluding steroid dienone is 2. The molecule has 0 aromatic rings. The van der Waals surface area contributed by atoms with Gasteiger partial charge < -0.3 is 18.9 Å². The summed E-state index contributed by atoms with van der Waals surface area (Å²) in [7, 11) is 0.994. The Morgan fingerprint density at radius 2 is 1.56 bits per heavy atom. The zero-order chi connectivity index (χ0) is 21.1. The third-order valence-electron chi connectivity index (χ3n) is 3.68. The molecular formula is C19H32O7Si. The zero-order valence-electron chi connectivity index (χ0n) is 17.3. The average molecular weight is 401 g/mol. The Morgan fingerprint density at radius 1 is 1.00 bits per heavy atom. The molecule has 27 heavy (non-hydrogen) atoms. The molecule has 8 heteroatoms. The third-order valence-corrected chi connectivity index (χ3v) is 5.24. The lowest BCUT2D eigenvalue weighted by molar-refractivity contribution is -0.168. The van der Waals surface area contributed by atoms with E-state index in [9.17, 15) is 14.4 Å². The quantitative estimate of drug-likeness (QED) is 0.172. The maximum Gasteiger partial charge on any atom is 0.508 e. The summed E-state index contributed by atoms with van der Waals surface area (Å²) in [5, 5.41) is 0. The molecule has 0 atom stereocenters. The molecule has 0 aromatic heterocycles. The fraction of sp³-hybridized carbons (Fsp3) is 0.632. The van der Waals surface area contributed by atoms with Crippen LogP contribution in [-0.2, 0) is 28.5 Å². The first kappa shape index (κ1) is 24.9. The minimum atomic E-state index is -1.51. The van der Waals surface area contributed by atoms with E-state index >= 15 is 0 Å². The Kier molecular flexibility index (Phi) is 10.7. The van der Waals surface area contributed by atoms with Crippen molar-refractivity contribution in [2.24, 2.45) is 5.41 Å². The van der Waals surface area contributed by atoms with Gasteiger partial charge in [0.15, 0.2) is 5.41 Å². The maximum atomic E-state index is 12.5. The van der Waals surface area contributed by atoms with Gasteiger partial charge in [-0.1, -0.05) is 37.4 Å². The summed E-state index contributed by atoms with van der Waals surface area (Å²) in [4.78, 5) is 36.2. The second kappa shape index (κ2) is 11.6.